The SMILES string of the molecule is CCC(NCC1(N(C)C)CCOCC1)c1ccccc1F. The highest BCUT2D eigenvalue weighted by Crippen LogP contribution is 2.27. The molecule has 1 unspecified atom stereocenters. The summed E-state index contributed by atoms with van der Waals surface area (Å²) >= 11 is 0. The first-order valence-corrected chi connectivity index (χ1v) is 7.82. The van der Waals surface area contributed by atoms with Crippen LogP contribution in [0.2, 0.25) is 0 Å². The average molecular weight is 294 g/mol. The van der Waals surface area contributed by atoms with E-state index in [-0.39, 0.29) is 17.4 Å². The number of rotatable bonds is 6. The van der Waals surface area contributed by atoms with E-state index in [9.17, 15) is 4.39 Å². The zero-order valence-corrected chi connectivity index (χ0v) is 13.4. The topological polar surface area (TPSA) is 24.5 Å². The van der Waals surface area contributed by atoms with E-state index in [1.807, 2.05) is 12.1 Å². The van der Waals surface area contributed by atoms with E-state index >= 15 is 0 Å². The third-order valence-corrected chi connectivity index (χ3v) is 4.74. The molecular formula is C17H27FN2O. The number of ether oxygens (including phenoxy) is 1. The second-order valence-electron chi connectivity index (χ2n) is 6.09. The molecule has 1 heterocycles. The lowest BCUT2D eigenvalue weighted by molar-refractivity contribution is -0.00839. The zero-order valence-electron chi connectivity index (χ0n) is 13.4. The molecule has 4 heteroatoms. The minimum atomic E-state index is -0.122. The Morgan fingerprint density at radius 3 is 2.52 bits per heavy atom. The van der Waals surface area contributed by atoms with Crippen LogP contribution < -0.4 is 5.32 Å². The molecule has 1 aromatic carbocycles. The maximum atomic E-state index is 14.0. The Hall–Kier alpha value is -0.970. The highest BCUT2D eigenvalue weighted by atomic mass is 19.1. The zero-order chi connectivity index (χ0) is 15.3. The Morgan fingerprint density at radius 1 is 1.29 bits per heavy atom. The molecule has 2 rings (SSSR count). The summed E-state index contributed by atoms with van der Waals surface area (Å²) in [7, 11) is 4.24. The molecule has 1 fully saturated rings. The van der Waals surface area contributed by atoms with Crippen LogP contribution in [0.4, 0.5) is 4.39 Å². The van der Waals surface area contributed by atoms with E-state index in [0.29, 0.717) is 0 Å². The fraction of sp³-hybridized carbons (Fsp3) is 0.647. The summed E-state index contributed by atoms with van der Waals surface area (Å²) < 4.78 is 19.5. The van der Waals surface area contributed by atoms with Crippen molar-refractivity contribution in [2.75, 3.05) is 33.9 Å². The highest BCUT2D eigenvalue weighted by Gasteiger charge is 2.35. The van der Waals surface area contributed by atoms with Crippen LogP contribution in [0, 0.1) is 5.82 Å². The first-order valence-electron chi connectivity index (χ1n) is 7.82. The molecule has 0 saturated carbocycles. The van der Waals surface area contributed by atoms with Crippen LogP contribution in [-0.2, 0) is 4.74 Å². The van der Waals surface area contributed by atoms with Crippen molar-refractivity contribution in [3.8, 4) is 0 Å². The molecule has 0 aromatic heterocycles. The van der Waals surface area contributed by atoms with Gasteiger partial charge in [0.15, 0.2) is 0 Å². The number of halogens is 1. The van der Waals surface area contributed by atoms with Crippen molar-refractivity contribution in [1.82, 2.24) is 10.2 Å². The quantitative estimate of drug-likeness (QED) is 0.873. The summed E-state index contributed by atoms with van der Waals surface area (Å²) in [5, 5.41) is 3.58. The lowest BCUT2D eigenvalue weighted by Gasteiger charge is -2.43. The predicted molar refractivity (Wildman–Crippen MR) is 83.9 cm³/mol. The van der Waals surface area contributed by atoms with Crippen molar-refractivity contribution in [1.29, 1.82) is 0 Å². The summed E-state index contributed by atoms with van der Waals surface area (Å²) in [6.07, 6.45) is 2.91. The smallest absolute Gasteiger partial charge is 0.127 e. The van der Waals surface area contributed by atoms with Crippen LogP contribution in [-0.4, -0.2) is 44.3 Å². The average Bonchev–Trinajstić information content (AvgIpc) is 2.50. The maximum Gasteiger partial charge on any atom is 0.127 e. The molecule has 0 spiro atoms. The Bertz CT molecular complexity index is 444. The van der Waals surface area contributed by atoms with Crippen molar-refractivity contribution in [3.05, 3.63) is 35.6 Å². The minimum Gasteiger partial charge on any atom is -0.381 e. The lowest BCUT2D eigenvalue weighted by Crippen LogP contribution is -2.55. The molecule has 1 atom stereocenters. The van der Waals surface area contributed by atoms with Gasteiger partial charge in [-0.05, 0) is 39.4 Å². The van der Waals surface area contributed by atoms with Crippen LogP contribution in [0.3, 0.4) is 0 Å². The molecule has 1 aliphatic rings. The van der Waals surface area contributed by atoms with Gasteiger partial charge in [0.05, 0.1) is 0 Å². The number of hydrogen-bond donors (Lipinski definition) is 1. The molecule has 0 aliphatic carbocycles. The summed E-state index contributed by atoms with van der Waals surface area (Å²) in [5.74, 6) is -0.122. The van der Waals surface area contributed by atoms with Crippen molar-refractivity contribution < 1.29 is 9.13 Å². The van der Waals surface area contributed by atoms with E-state index < -0.39 is 0 Å². The second kappa shape index (κ2) is 7.34. The molecule has 1 aromatic rings. The lowest BCUT2D eigenvalue weighted by atomic mass is 9.88. The third-order valence-electron chi connectivity index (χ3n) is 4.74. The van der Waals surface area contributed by atoms with Gasteiger partial charge in [-0.2, -0.15) is 0 Å². The van der Waals surface area contributed by atoms with E-state index in [0.717, 1.165) is 44.6 Å². The molecule has 118 valence electrons. The van der Waals surface area contributed by atoms with Crippen LogP contribution >= 0.6 is 0 Å². The van der Waals surface area contributed by atoms with E-state index in [4.69, 9.17) is 4.74 Å². The number of likely N-dealkylation sites (N-methyl/N-ethyl adjacent to an activating group) is 1. The second-order valence-corrected chi connectivity index (χ2v) is 6.09. The molecule has 3 nitrogen and oxygen atoms in total. The summed E-state index contributed by atoms with van der Waals surface area (Å²) in [6, 6.07) is 7.12. The van der Waals surface area contributed by atoms with Gasteiger partial charge >= 0.3 is 0 Å². The Balaban J connectivity index is 2.06. The molecular weight excluding hydrogens is 267 g/mol. The number of nitrogens with one attached hydrogen (secondary N) is 1. The molecule has 0 radical (unpaired) electrons. The molecule has 1 saturated heterocycles. The van der Waals surface area contributed by atoms with Gasteiger partial charge in [0.2, 0.25) is 0 Å². The fourth-order valence-corrected chi connectivity index (χ4v) is 3.08. The van der Waals surface area contributed by atoms with Crippen molar-refractivity contribution >= 4 is 0 Å². The molecule has 1 N–H and O–H groups in total. The van der Waals surface area contributed by atoms with Gasteiger partial charge < -0.3 is 15.0 Å². The van der Waals surface area contributed by atoms with Crippen molar-refractivity contribution in [3.63, 3.8) is 0 Å². The maximum absolute atomic E-state index is 14.0. The van der Waals surface area contributed by atoms with Gasteiger partial charge in [-0.25, -0.2) is 4.39 Å². The fourth-order valence-electron chi connectivity index (χ4n) is 3.08. The van der Waals surface area contributed by atoms with Crippen LogP contribution in [0.15, 0.2) is 24.3 Å². The molecule has 0 bridgehead atoms. The standard InChI is InChI=1S/C17H27FN2O/c1-4-16(14-7-5-6-8-15(14)18)19-13-17(20(2)3)9-11-21-12-10-17/h5-8,16,19H,4,9-13H2,1-3H3. The van der Waals surface area contributed by atoms with Gasteiger partial charge in [0.25, 0.3) is 0 Å². The van der Waals surface area contributed by atoms with Gasteiger partial charge in [0, 0.05) is 36.9 Å². The van der Waals surface area contributed by atoms with Crippen LogP contribution in [0.5, 0.6) is 0 Å². The van der Waals surface area contributed by atoms with Crippen LogP contribution in [0.25, 0.3) is 0 Å². The molecule has 0 amide bonds. The predicted octanol–water partition coefficient (Wildman–Crippen LogP) is 2.98. The Kier molecular flexibility index (Phi) is 5.73. The first-order chi connectivity index (χ1) is 10.1. The number of benzene rings is 1. The summed E-state index contributed by atoms with van der Waals surface area (Å²) in [4.78, 5) is 2.29. The van der Waals surface area contributed by atoms with E-state index in [2.05, 4.69) is 31.2 Å². The third kappa shape index (κ3) is 3.82. The molecule has 21 heavy (non-hydrogen) atoms. The Labute approximate surface area is 127 Å². The molecule has 1 aliphatic heterocycles. The van der Waals surface area contributed by atoms with Gasteiger partial charge in [-0.3, -0.25) is 0 Å². The first kappa shape index (κ1) is 16.4. The van der Waals surface area contributed by atoms with Gasteiger partial charge in [-0.15, -0.1) is 0 Å². The van der Waals surface area contributed by atoms with Crippen molar-refractivity contribution in [2.45, 2.75) is 37.8 Å². The van der Waals surface area contributed by atoms with E-state index in [1.54, 1.807) is 6.07 Å². The van der Waals surface area contributed by atoms with Crippen LogP contribution in [0.1, 0.15) is 37.8 Å². The monoisotopic (exact) mass is 294 g/mol. The van der Waals surface area contributed by atoms with Gasteiger partial charge in [0.1, 0.15) is 5.82 Å². The number of hydrogen-bond acceptors (Lipinski definition) is 3. The summed E-state index contributed by atoms with van der Waals surface area (Å²) in [5.41, 5.74) is 0.873. The van der Waals surface area contributed by atoms with Gasteiger partial charge in [-0.1, -0.05) is 25.1 Å². The van der Waals surface area contributed by atoms with E-state index in [1.165, 1.54) is 6.07 Å². The highest BCUT2D eigenvalue weighted by molar-refractivity contribution is 5.21. The normalized spacial score (nSPS) is 19.7. The largest absolute Gasteiger partial charge is 0.381 e. The number of nitrogens with zero attached hydrogens (tertiary/aromatic N) is 1. The Morgan fingerprint density at radius 2 is 1.95 bits per heavy atom. The minimum absolute atomic E-state index is 0.0610. The van der Waals surface area contributed by atoms with Crippen molar-refractivity contribution in [2.24, 2.45) is 0 Å². The summed E-state index contributed by atoms with van der Waals surface area (Å²) in [6.45, 7) is 4.55.